The summed E-state index contributed by atoms with van der Waals surface area (Å²) < 4.78 is 0. The highest BCUT2D eigenvalue weighted by Gasteiger charge is 2.25. The zero-order chi connectivity index (χ0) is 11.3. The largest absolute Gasteiger partial charge is 0.391 e. The first-order valence-corrected chi connectivity index (χ1v) is 5.78. The summed E-state index contributed by atoms with van der Waals surface area (Å²) in [6.07, 6.45) is 3.52. The van der Waals surface area contributed by atoms with Gasteiger partial charge in [-0.15, -0.1) is 0 Å². The molecule has 0 saturated heterocycles. The van der Waals surface area contributed by atoms with E-state index in [2.05, 4.69) is 10.6 Å². The number of nitrogens with one attached hydrogen (secondary N) is 2. The fraction of sp³-hybridized carbons (Fsp3) is 0.909. The molecule has 0 radical (unpaired) electrons. The van der Waals surface area contributed by atoms with Crippen LogP contribution in [0.2, 0.25) is 0 Å². The van der Waals surface area contributed by atoms with Crippen LogP contribution in [-0.4, -0.2) is 36.8 Å². The maximum absolute atomic E-state index is 11.7. The van der Waals surface area contributed by atoms with E-state index in [-0.39, 0.29) is 24.0 Å². The lowest BCUT2D eigenvalue weighted by atomic mass is 9.92. The average Bonchev–Trinajstić information content (AvgIpc) is 2.21. The molecule has 88 valence electrons. The van der Waals surface area contributed by atoms with Crippen molar-refractivity contribution in [3.63, 3.8) is 0 Å². The Balaban J connectivity index is 2.35. The van der Waals surface area contributed by atoms with Crippen LogP contribution >= 0.6 is 0 Å². The van der Waals surface area contributed by atoms with Gasteiger partial charge >= 0.3 is 0 Å². The molecule has 0 aromatic heterocycles. The lowest BCUT2D eigenvalue weighted by Crippen LogP contribution is -2.47. The molecule has 1 rings (SSSR count). The molecule has 1 unspecified atom stereocenters. The SMILES string of the molecule is CNCC(C)C(=O)N[C@H]1CCCC[C@@H]1O. The average molecular weight is 214 g/mol. The van der Waals surface area contributed by atoms with Gasteiger partial charge in [-0.3, -0.25) is 4.79 Å². The number of hydrogen-bond donors (Lipinski definition) is 3. The van der Waals surface area contributed by atoms with Crippen molar-refractivity contribution in [2.24, 2.45) is 5.92 Å². The highest BCUT2D eigenvalue weighted by atomic mass is 16.3. The van der Waals surface area contributed by atoms with Crippen LogP contribution in [0.25, 0.3) is 0 Å². The molecular formula is C11H22N2O2. The number of hydrogen-bond acceptors (Lipinski definition) is 3. The topological polar surface area (TPSA) is 61.4 Å². The summed E-state index contributed by atoms with van der Waals surface area (Å²) in [6.45, 7) is 2.57. The summed E-state index contributed by atoms with van der Waals surface area (Å²) in [5.74, 6) is -0.000531. The normalized spacial score (nSPS) is 28.5. The van der Waals surface area contributed by atoms with Crippen molar-refractivity contribution in [2.45, 2.75) is 44.8 Å². The molecule has 0 aromatic carbocycles. The van der Waals surface area contributed by atoms with Gasteiger partial charge in [-0.1, -0.05) is 19.8 Å². The van der Waals surface area contributed by atoms with Crippen LogP contribution in [0.4, 0.5) is 0 Å². The third-order valence-electron chi connectivity index (χ3n) is 3.02. The van der Waals surface area contributed by atoms with Gasteiger partial charge in [0.2, 0.25) is 5.91 Å². The Kier molecular flexibility index (Phi) is 5.05. The van der Waals surface area contributed by atoms with Gasteiger partial charge < -0.3 is 15.7 Å². The summed E-state index contributed by atoms with van der Waals surface area (Å²) in [5, 5.41) is 15.6. The Bertz CT molecular complexity index is 209. The number of rotatable bonds is 4. The number of aliphatic hydroxyl groups excluding tert-OH is 1. The van der Waals surface area contributed by atoms with Crippen molar-refractivity contribution in [2.75, 3.05) is 13.6 Å². The van der Waals surface area contributed by atoms with E-state index in [4.69, 9.17) is 0 Å². The fourth-order valence-electron chi connectivity index (χ4n) is 2.00. The number of aliphatic hydroxyl groups is 1. The van der Waals surface area contributed by atoms with E-state index in [1.54, 1.807) is 0 Å². The molecule has 1 saturated carbocycles. The maximum Gasteiger partial charge on any atom is 0.224 e. The zero-order valence-electron chi connectivity index (χ0n) is 9.62. The van der Waals surface area contributed by atoms with Gasteiger partial charge in [-0.2, -0.15) is 0 Å². The first-order chi connectivity index (χ1) is 7.15. The second-order valence-corrected chi connectivity index (χ2v) is 4.43. The van der Waals surface area contributed by atoms with Gasteiger partial charge in [0.15, 0.2) is 0 Å². The molecule has 3 atom stereocenters. The molecular weight excluding hydrogens is 192 g/mol. The van der Waals surface area contributed by atoms with Gasteiger partial charge in [0.1, 0.15) is 0 Å². The molecule has 1 fully saturated rings. The van der Waals surface area contributed by atoms with Crippen molar-refractivity contribution >= 4 is 5.91 Å². The molecule has 4 heteroatoms. The minimum Gasteiger partial charge on any atom is -0.391 e. The maximum atomic E-state index is 11.7. The van der Waals surface area contributed by atoms with Crippen LogP contribution in [0.15, 0.2) is 0 Å². The van der Waals surface area contributed by atoms with Gasteiger partial charge in [-0.25, -0.2) is 0 Å². The highest BCUT2D eigenvalue weighted by molar-refractivity contribution is 5.78. The van der Waals surface area contributed by atoms with Crippen molar-refractivity contribution in [3.05, 3.63) is 0 Å². The van der Waals surface area contributed by atoms with Crippen molar-refractivity contribution in [1.82, 2.24) is 10.6 Å². The standard InChI is InChI=1S/C11H22N2O2/c1-8(7-12-2)11(15)13-9-5-3-4-6-10(9)14/h8-10,12,14H,3-7H2,1-2H3,(H,13,15)/t8?,9-,10-/m0/s1. The quantitative estimate of drug-likeness (QED) is 0.629. The van der Waals surface area contributed by atoms with Crippen LogP contribution in [0, 0.1) is 5.92 Å². The lowest BCUT2D eigenvalue weighted by molar-refractivity contribution is -0.126. The monoisotopic (exact) mass is 214 g/mol. The first-order valence-electron chi connectivity index (χ1n) is 5.78. The van der Waals surface area contributed by atoms with E-state index < -0.39 is 0 Å². The van der Waals surface area contributed by atoms with E-state index in [9.17, 15) is 9.90 Å². The van der Waals surface area contributed by atoms with E-state index in [1.165, 1.54) is 0 Å². The first kappa shape index (κ1) is 12.5. The van der Waals surface area contributed by atoms with Crippen molar-refractivity contribution in [1.29, 1.82) is 0 Å². The summed E-state index contributed by atoms with van der Waals surface area (Å²) in [4.78, 5) is 11.7. The predicted molar refractivity (Wildman–Crippen MR) is 59.5 cm³/mol. The minimum absolute atomic E-state index is 0.0365. The summed E-state index contributed by atoms with van der Waals surface area (Å²) in [7, 11) is 1.83. The molecule has 0 aromatic rings. The van der Waals surface area contributed by atoms with Gasteiger partial charge in [-0.05, 0) is 19.9 Å². The van der Waals surface area contributed by atoms with E-state index >= 15 is 0 Å². The third kappa shape index (κ3) is 3.80. The second-order valence-electron chi connectivity index (χ2n) is 4.43. The van der Waals surface area contributed by atoms with E-state index in [0.29, 0.717) is 6.54 Å². The van der Waals surface area contributed by atoms with Crippen LogP contribution in [-0.2, 0) is 4.79 Å². The lowest BCUT2D eigenvalue weighted by Gasteiger charge is -2.29. The van der Waals surface area contributed by atoms with Gasteiger partial charge in [0.05, 0.1) is 12.1 Å². The Morgan fingerprint density at radius 1 is 1.47 bits per heavy atom. The third-order valence-corrected chi connectivity index (χ3v) is 3.02. The summed E-state index contributed by atoms with van der Waals surface area (Å²) in [6, 6.07) is -0.0365. The predicted octanol–water partition coefficient (Wildman–Crippen LogP) is 0.262. The molecule has 15 heavy (non-hydrogen) atoms. The molecule has 0 bridgehead atoms. The van der Waals surface area contributed by atoms with Crippen LogP contribution in [0.1, 0.15) is 32.6 Å². The van der Waals surface area contributed by atoms with E-state index in [1.807, 2.05) is 14.0 Å². The van der Waals surface area contributed by atoms with Gasteiger partial charge in [0.25, 0.3) is 0 Å². The second kappa shape index (κ2) is 6.08. The fourth-order valence-corrected chi connectivity index (χ4v) is 2.00. The summed E-state index contributed by atoms with van der Waals surface area (Å²) >= 11 is 0. The van der Waals surface area contributed by atoms with Crippen LogP contribution in [0.3, 0.4) is 0 Å². The van der Waals surface area contributed by atoms with Gasteiger partial charge in [0, 0.05) is 12.5 Å². The van der Waals surface area contributed by atoms with Crippen LogP contribution < -0.4 is 10.6 Å². The molecule has 3 N–H and O–H groups in total. The Morgan fingerprint density at radius 3 is 2.73 bits per heavy atom. The Labute approximate surface area is 91.4 Å². The van der Waals surface area contributed by atoms with Crippen molar-refractivity contribution < 1.29 is 9.90 Å². The van der Waals surface area contributed by atoms with Crippen molar-refractivity contribution in [3.8, 4) is 0 Å². The molecule has 1 aliphatic rings. The molecule has 1 aliphatic carbocycles. The molecule has 0 heterocycles. The van der Waals surface area contributed by atoms with Crippen LogP contribution in [0.5, 0.6) is 0 Å². The molecule has 1 amide bonds. The highest BCUT2D eigenvalue weighted by Crippen LogP contribution is 2.18. The molecule has 4 nitrogen and oxygen atoms in total. The number of carbonyl (C=O) groups is 1. The smallest absolute Gasteiger partial charge is 0.224 e. The summed E-state index contributed by atoms with van der Waals surface area (Å²) in [5.41, 5.74) is 0. The number of amides is 1. The minimum atomic E-state index is -0.357. The van der Waals surface area contributed by atoms with E-state index in [0.717, 1.165) is 25.7 Å². The Morgan fingerprint density at radius 2 is 2.13 bits per heavy atom. The Hall–Kier alpha value is -0.610. The number of carbonyl (C=O) groups excluding carboxylic acids is 1. The molecule has 0 spiro atoms. The zero-order valence-corrected chi connectivity index (χ0v) is 9.62. The molecule has 0 aliphatic heterocycles.